The molecule has 3 rings (SSSR count). The molecule has 0 atom stereocenters. The molecule has 0 radical (unpaired) electrons. The highest BCUT2D eigenvalue weighted by atomic mass is 35.5. The van der Waals surface area contributed by atoms with Crippen LogP contribution in [0.1, 0.15) is 5.56 Å². The Morgan fingerprint density at radius 2 is 1.90 bits per heavy atom. The van der Waals surface area contributed by atoms with Gasteiger partial charge in [-0.2, -0.15) is 0 Å². The van der Waals surface area contributed by atoms with Crippen molar-refractivity contribution in [2.24, 2.45) is 0 Å². The molecule has 0 amide bonds. The van der Waals surface area contributed by atoms with Gasteiger partial charge in [-0.05, 0) is 23.8 Å². The molecule has 0 aliphatic rings. The molecule has 2 aromatic heterocycles. The highest BCUT2D eigenvalue weighted by molar-refractivity contribution is 6.31. The van der Waals surface area contributed by atoms with Crippen LogP contribution in [0.3, 0.4) is 0 Å². The second-order valence-electron chi connectivity index (χ2n) is 4.44. The molecule has 1 aromatic carbocycles. The predicted octanol–water partition coefficient (Wildman–Crippen LogP) is 2.65. The molecular weight excluding hydrogens is 283 g/mol. The average Bonchev–Trinajstić information content (AvgIpc) is 2.79. The van der Waals surface area contributed by atoms with Crippen molar-refractivity contribution in [3.63, 3.8) is 0 Å². The van der Waals surface area contributed by atoms with Gasteiger partial charge in [-0.3, -0.25) is 9.31 Å². The van der Waals surface area contributed by atoms with E-state index < -0.39 is 0 Å². The van der Waals surface area contributed by atoms with E-state index in [0.717, 1.165) is 11.6 Å². The lowest BCUT2D eigenvalue weighted by atomic mass is 10.2. The Kier molecular flexibility index (Phi) is 2.99. The third-order valence-electron chi connectivity index (χ3n) is 3.05. The van der Waals surface area contributed by atoms with Crippen molar-refractivity contribution < 1.29 is 9.50 Å². The van der Waals surface area contributed by atoms with Gasteiger partial charge in [0.25, 0.3) is 5.56 Å². The molecular formula is C14H10ClFN2O2. The number of aromatic hydroxyl groups is 1. The molecule has 0 fully saturated rings. The zero-order valence-electron chi connectivity index (χ0n) is 10.3. The average molecular weight is 293 g/mol. The van der Waals surface area contributed by atoms with Crippen LogP contribution in [-0.2, 0) is 6.54 Å². The lowest BCUT2D eigenvalue weighted by molar-refractivity contribution is 0.467. The second-order valence-corrected chi connectivity index (χ2v) is 4.88. The standard InChI is InChI=1S/C14H10ClFN2O2/c15-10-5-12-13(19)6-14(20)18(17(12)8-10)7-9-1-3-11(16)4-2-9/h1-6,8,19H,7H2. The van der Waals surface area contributed by atoms with E-state index in [1.807, 2.05) is 0 Å². The molecule has 0 saturated heterocycles. The van der Waals surface area contributed by atoms with Crippen LogP contribution in [0.4, 0.5) is 4.39 Å². The summed E-state index contributed by atoms with van der Waals surface area (Å²) in [4.78, 5) is 12.0. The fourth-order valence-corrected chi connectivity index (χ4v) is 2.30. The SMILES string of the molecule is O=c1cc(O)c2cc(Cl)cn2n1Cc1ccc(F)cc1. The first kappa shape index (κ1) is 12.7. The summed E-state index contributed by atoms with van der Waals surface area (Å²) in [6.07, 6.45) is 1.54. The fraction of sp³-hybridized carbons (Fsp3) is 0.0714. The van der Waals surface area contributed by atoms with Crippen molar-refractivity contribution in [3.05, 3.63) is 69.4 Å². The van der Waals surface area contributed by atoms with Gasteiger partial charge in [0.2, 0.25) is 0 Å². The number of halogens is 2. The zero-order chi connectivity index (χ0) is 14.3. The van der Waals surface area contributed by atoms with Crippen LogP contribution < -0.4 is 5.56 Å². The molecule has 0 unspecified atom stereocenters. The van der Waals surface area contributed by atoms with Gasteiger partial charge in [-0.1, -0.05) is 23.7 Å². The molecule has 0 aliphatic heterocycles. The van der Waals surface area contributed by atoms with Gasteiger partial charge in [0.05, 0.1) is 11.6 Å². The Balaban J connectivity index is 2.15. The normalized spacial score (nSPS) is 11.1. The molecule has 0 aliphatic carbocycles. The fourth-order valence-electron chi connectivity index (χ4n) is 2.10. The highest BCUT2D eigenvalue weighted by Gasteiger charge is 2.10. The molecule has 1 N–H and O–H groups in total. The third kappa shape index (κ3) is 2.16. The molecule has 20 heavy (non-hydrogen) atoms. The molecule has 102 valence electrons. The number of rotatable bonds is 2. The highest BCUT2D eigenvalue weighted by Crippen LogP contribution is 2.21. The van der Waals surface area contributed by atoms with E-state index in [4.69, 9.17) is 11.6 Å². The molecule has 2 heterocycles. The number of aromatic nitrogens is 2. The van der Waals surface area contributed by atoms with E-state index >= 15 is 0 Å². The van der Waals surface area contributed by atoms with Crippen molar-refractivity contribution in [1.82, 2.24) is 9.20 Å². The minimum absolute atomic E-state index is 0.128. The summed E-state index contributed by atoms with van der Waals surface area (Å²) in [5, 5.41) is 10.2. The number of hydrogen-bond acceptors (Lipinski definition) is 2. The van der Waals surface area contributed by atoms with Gasteiger partial charge in [-0.15, -0.1) is 0 Å². The number of benzene rings is 1. The van der Waals surface area contributed by atoms with E-state index in [0.29, 0.717) is 10.5 Å². The van der Waals surface area contributed by atoms with E-state index in [2.05, 4.69) is 0 Å². The molecule has 0 spiro atoms. The van der Waals surface area contributed by atoms with E-state index in [9.17, 15) is 14.3 Å². The van der Waals surface area contributed by atoms with Crippen molar-refractivity contribution in [1.29, 1.82) is 0 Å². The second kappa shape index (κ2) is 4.68. The van der Waals surface area contributed by atoms with Gasteiger partial charge < -0.3 is 5.11 Å². The van der Waals surface area contributed by atoms with Crippen molar-refractivity contribution in [2.45, 2.75) is 6.54 Å². The maximum atomic E-state index is 12.9. The van der Waals surface area contributed by atoms with Gasteiger partial charge in [0.1, 0.15) is 17.1 Å². The van der Waals surface area contributed by atoms with Gasteiger partial charge in [0, 0.05) is 12.3 Å². The van der Waals surface area contributed by atoms with Gasteiger partial charge in [0.15, 0.2) is 0 Å². The lowest BCUT2D eigenvalue weighted by Crippen LogP contribution is -2.25. The number of nitrogens with zero attached hydrogens (tertiary/aromatic N) is 2. The maximum absolute atomic E-state index is 12.9. The largest absolute Gasteiger partial charge is 0.505 e. The number of fused-ring (bicyclic) bond motifs is 1. The Bertz CT molecular complexity index is 837. The van der Waals surface area contributed by atoms with Crippen LogP contribution in [0, 0.1) is 5.82 Å². The first-order valence-corrected chi connectivity index (χ1v) is 6.27. The Labute approximate surface area is 118 Å². The van der Waals surface area contributed by atoms with Crippen LogP contribution in [0.25, 0.3) is 5.52 Å². The monoisotopic (exact) mass is 292 g/mol. The molecule has 0 bridgehead atoms. The predicted molar refractivity (Wildman–Crippen MR) is 73.8 cm³/mol. The minimum Gasteiger partial charge on any atom is -0.505 e. The Hall–Kier alpha value is -2.27. The Morgan fingerprint density at radius 1 is 1.20 bits per heavy atom. The molecule has 0 saturated carbocycles. The van der Waals surface area contributed by atoms with Crippen molar-refractivity contribution >= 4 is 17.1 Å². The van der Waals surface area contributed by atoms with Crippen LogP contribution in [-0.4, -0.2) is 14.3 Å². The Morgan fingerprint density at radius 3 is 2.60 bits per heavy atom. The smallest absolute Gasteiger partial charge is 0.269 e. The minimum atomic E-state index is -0.369. The first-order valence-electron chi connectivity index (χ1n) is 5.90. The molecule has 6 heteroatoms. The van der Waals surface area contributed by atoms with Crippen LogP contribution in [0.15, 0.2) is 47.4 Å². The zero-order valence-corrected chi connectivity index (χ0v) is 11.0. The molecule has 4 nitrogen and oxygen atoms in total. The third-order valence-corrected chi connectivity index (χ3v) is 3.26. The molecule has 3 aromatic rings. The van der Waals surface area contributed by atoms with E-state index in [1.54, 1.807) is 24.4 Å². The maximum Gasteiger partial charge on any atom is 0.269 e. The summed E-state index contributed by atoms with van der Waals surface area (Å²) in [5.41, 5.74) is 0.841. The summed E-state index contributed by atoms with van der Waals surface area (Å²) < 4.78 is 15.8. The topological polar surface area (TPSA) is 46.6 Å². The summed E-state index contributed by atoms with van der Waals surface area (Å²) >= 11 is 5.91. The summed E-state index contributed by atoms with van der Waals surface area (Å²) in [6, 6.07) is 8.57. The quantitative estimate of drug-likeness (QED) is 0.789. The summed E-state index contributed by atoms with van der Waals surface area (Å²) in [5.74, 6) is -0.460. The van der Waals surface area contributed by atoms with Crippen LogP contribution >= 0.6 is 11.6 Å². The van der Waals surface area contributed by atoms with E-state index in [-0.39, 0.29) is 23.7 Å². The van der Waals surface area contributed by atoms with Crippen molar-refractivity contribution in [2.75, 3.05) is 0 Å². The lowest BCUT2D eigenvalue weighted by Gasteiger charge is -2.10. The van der Waals surface area contributed by atoms with Gasteiger partial charge >= 0.3 is 0 Å². The number of hydrogen-bond donors (Lipinski definition) is 1. The summed E-state index contributed by atoms with van der Waals surface area (Å²) in [6.45, 7) is 0.251. The van der Waals surface area contributed by atoms with E-state index in [1.165, 1.54) is 21.3 Å². The first-order chi connectivity index (χ1) is 9.54. The van der Waals surface area contributed by atoms with Crippen LogP contribution in [0.2, 0.25) is 5.02 Å². The summed E-state index contributed by atoms with van der Waals surface area (Å²) in [7, 11) is 0. The van der Waals surface area contributed by atoms with Crippen LogP contribution in [0.5, 0.6) is 5.75 Å². The van der Waals surface area contributed by atoms with Gasteiger partial charge in [-0.25, -0.2) is 9.07 Å². The van der Waals surface area contributed by atoms with Crippen molar-refractivity contribution in [3.8, 4) is 5.75 Å².